The summed E-state index contributed by atoms with van der Waals surface area (Å²) in [6, 6.07) is 13.3. The van der Waals surface area contributed by atoms with E-state index in [0.717, 1.165) is 24.3 Å². The summed E-state index contributed by atoms with van der Waals surface area (Å²) in [5.41, 5.74) is 2.32. The monoisotopic (exact) mass is 441 g/mol. The van der Waals surface area contributed by atoms with Crippen LogP contribution in [0.2, 0.25) is 0 Å². The van der Waals surface area contributed by atoms with Gasteiger partial charge in [-0.3, -0.25) is 24.6 Å². The standard InChI is InChI=1S/C22H27N5O5/c1-25(2)18-7-3-16(4-8-18)20(26-11-13-32-14-12-26)15-23-21(28)22(29)24-17-5-9-19(10-6-17)27(30)31/h3-10,20H,11-15H2,1-2H3,(H,23,28)(H,24,29). The minimum atomic E-state index is -0.831. The fourth-order valence-electron chi connectivity index (χ4n) is 3.47. The van der Waals surface area contributed by atoms with Crippen LogP contribution in [0.3, 0.4) is 0 Å². The first-order valence-corrected chi connectivity index (χ1v) is 10.3. The molecule has 1 unspecified atom stereocenters. The molecule has 0 bridgehead atoms. The Labute approximate surface area is 186 Å². The zero-order valence-electron chi connectivity index (χ0n) is 18.1. The Bertz CT molecular complexity index is 940. The van der Waals surface area contributed by atoms with E-state index in [2.05, 4.69) is 15.5 Å². The van der Waals surface area contributed by atoms with E-state index in [9.17, 15) is 19.7 Å². The predicted molar refractivity (Wildman–Crippen MR) is 121 cm³/mol. The molecule has 1 heterocycles. The largest absolute Gasteiger partial charge is 0.379 e. The molecule has 3 rings (SSSR count). The van der Waals surface area contributed by atoms with Crippen LogP contribution >= 0.6 is 0 Å². The minimum Gasteiger partial charge on any atom is -0.379 e. The fraction of sp³-hybridized carbons (Fsp3) is 0.364. The molecule has 0 radical (unpaired) electrons. The van der Waals surface area contributed by atoms with Crippen molar-refractivity contribution in [3.63, 3.8) is 0 Å². The summed E-state index contributed by atoms with van der Waals surface area (Å²) in [7, 11) is 3.94. The Hall–Kier alpha value is -3.50. The molecule has 1 fully saturated rings. The molecule has 10 heteroatoms. The molecule has 0 saturated carbocycles. The molecule has 1 aliphatic heterocycles. The van der Waals surface area contributed by atoms with E-state index in [4.69, 9.17) is 4.74 Å². The van der Waals surface area contributed by atoms with E-state index < -0.39 is 16.7 Å². The van der Waals surface area contributed by atoms with Crippen LogP contribution in [0.15, 0.2) is 48.5 Å². The Morgan fingerprint density at radius 3 is 2.25 bits per heavy atom. The lowest BCUT2D eigenvalue weighted by molar-refractivity contribution is -0.384. The summed E-state index contributed by atoms with van der Waals surface area (Å²) < 4.78 is 5.45. The van der Waals surface area contributed by atoms with Gasteiger partial charge in [-0.1, -0.05) is 12.1 Å². The SMILES string of the molecule is CN(C)c1ccc(C(CNC(=O)C(=O)Nc2ccc([N+](=O)[O-])cc2)N2CCOCC2)cc1. The average molecular weight is 441 g/mol. The van der Waals surface area contributed by atoms with Crippen molar-refractivity contribution in [1.82, 2.24) is 10.2 Å². The number of nitro groups is 1. The van der Waals surface area contributed by atoms with Crippen LogP contribution in [0.25, 0.3) is 0 Å². The second-order valence-electron chi connectivity index (χ2n) is 7.62. The van der Waals surface area contributed by atoms with Crippen LogP contribution in [0.4, 0.5) is 17.1 Å². The summed E-state index contributed by atoms with van der Waals surface area (Å²) in [5.74, 6) is -1.60. The zero-order valence-corrected chi connectivity index (χ0v) is 18.1. The number of nitro benzene ring substituents is 1. The van der Waals surface area contributed by atoms with Crippen molar-refractivity contribution >= 4 is 28.9 Å². The maximum atomic E-state index is 12.4. The molecule has 1 aliphatic rings. The number of nitrogens with zero attached hydrogens (tertiary/aromatic N) is 3. The molecule has 0 spiro atoms. The number of non-ortho nitro benzene ring substituents is 1. The van der Waals surface area contributed by atoms with E-state index >= 15 is 0 Å². The van der Waals surface area contributed by atoms with Crippen molar-refractivity contribution in [3.8, 4) is 0 Å². The summed E-state index contributed by atoms with van der Waals surface area (Å²) in [4.78, 5) is 39.1. The highest BCUT2D eigenvalue weighted by molar-refractivity contribution is 6.39. The van der Waals surface area contributed by atoms with Crippen molar-refractivity contribution in [2.75, 3.05) is 57.2 Å². The van der Waals surface area contributed by atoms with Gasteiger partial charge in [0.2, 0.25) is 0 Å². The maximum absolute atomic E-state index is 12.4. The molecule has 0 aromatic heterocycles. The summed E-state index contributed by atoms with van der Waals surface area (Å²) in [6.45, 7) is 2.94. The minimum absolute atomic E-state index is 0.0962. The molecule has 170 valence electrons. The van der Waals surface area contributed by atoms with Crippen LogP contribution in [0, 0.1) is 10.1 Å². The van der Waals surface area contributed by atoms with Crippen LogP contribution in [-0.4, -0.2) is 68.6 Å². The van der Waals surface area contributed by atoms with Gasteiger partial charge in [0.05, 0.1) is 24.2 Å². The number of carbonyl (C=O) groups excluding carboxylic acids is 2. The number of amides is 2. The first-order valence-electron chi connectivity index (χ1n) is 10.3. The lowest BCUT2D eigenvalue weighted by Gasteiger charge is -2.35. The van der Waals surface area contributed by atoms with E-state index in [-0.39, 0.29) is 18.3 Å². The molecule has 1 atom stereocenters. The molecular weight excluding hydrogens is 414 g/mol. The average Bonchev–Trinajstić information content (AvgIpc) is 2.80. The summed E-state index contributed by atoms with van der Waals surface area (Å²) in [6.07, 6.45) is 0. The van der Waals surface area contributed by atoms with E-state index in [1.807, 2.05) is 43.3 Å². The van der Waals surface area contributed by atoms with Crippen LogP contribution in [0.1, 0.15) is 11.6 Å². The Balaban J connectivity index is 1.64. The molecule has 2 N–H and O–H groups in total. The van der Waals surface area contributed by atoms with E-state index in [1.54, 1.807) is 0 Å². The molecule has 32 heavy (non-hydrogen) atoms. The second kappa shape index (κ2) is 10.7. The number of morpholine rings is 1. The Morgan fingerprint density at radius 2 is 1.69 bits per heavy atom. The van der Waals surface area contributed by atoms with E-state index in [0.29, 0.717) is 18.9 Å². The number of rotatable bonds is 7. The zero-order chi connectivity index (χ0) is 23.1. The van der Waals surface area contributed by atoms with Gasteiger partial charge >= 0.3 is 11.8 Å². The van der Waals surface area contributed by atoms with Crippen molar-refractivity contribution < 1.29 is 19.2 Å². The summed E-state index contributed by atoms with van der Waals surface area (Å²) in [5, 5.41) is 15.9. The number of hydrogen-bond donors (Lipinski definition) is 2. The van der Waals surface area contributed by atoms with Crippen molar-refractivity contribution in [2.45, 2.75) is 6.04 Å². The van der Waals surface area contributed by atoms with Gasteiger partial charge in [-0.2, -0.15) is 0 Å². The molecular formula is C22H27N5O5. The molecule has 2 amide bonds. The lowest BCUT2D eigenvalue weighted by atomic mass is 10.0. The van der Waals surface area contributed by atoms with Crippen molar-refractivity contribution in [1.29, 1.82) is 0 Å². The molecule has 0 aliphatic carbocycles. The number of carbonyl (C=O) groups is 2. The topological polar surface area (TPSA) is 117 Å². The van der Waals surface area contributed by atoms with Crippen LogP contribution in [0.5, 0.6) is 0 Å². The van der Waals surface area contributed by atoms with E-state index in [1.165, 1.54) is 24.3 Å². The highest BCUT2D eigenvalue weighted by Crippen LogP contribution is 2.24. The van der Waals surface area contributed by atoms with Gasteiger partial charge in [0.25, 0.3) is 5.69 Å². The number of hydrogen-bond acceptors (Lipinski definition) is 7. The molecule has 10 nitrogen and oxygen atoms in total. The number of benzene rings is 2. The summed E-state index contributed by atoms with van der Waals surface area (Å²) >= 11 is 0. The van der Waals surface area contributed by atoms with Gasteiger partial charge in [0, 0.05) is 57.2 Å². The third-order valence-electron chi connectivity index (χ3n) is 5.28. The Morgan fingerprint density at radius 1 is 1.06 bits per heavy atom. The predicted octanol–water partition coefficient (Wildman–Crippen LogP) is 1.79. The van der Waals surface area contributed by atoms with Gasteiger partial charge in [-0.15, -0.1) is 0 Å². The second-order valence-corrected chi connectivity index (χ2v) is 7.62. The third-order valence-corrected chi connectivity index (χ3v) is 5.28. The van der Waals surface area contributed by atoms with Crippen LogP contribution < -0.4 is 15.5 Å². The van der Waals surface area contributed by atoms with Gasteiger partial charge in [-0.25, -0.2) is 0 Å². The van der Waals surface area contributed by atoms with Gasteiger partial charge in [-0.05, 0) is 29.8 Å². The first-order chi connectivity index (χ1) is 15.3. The highest BCUT2D eigenvalue weighted by Gasteiger charge is 2.24. The van der Waals surface area contributed by atoms with Crippen molar-refractivity contribution in [2.24, 2.45) is 0 Å². The van der Waals surface area contributed by atoms with Gasteiger partial charge in [0.15, 0.2) is 0 Å². The van der Waals surface area contributed by atoms with Gasteiger partial charge < -0.3 is 20.3 Å². The van der Waals surface area contributed by atoms with Crippen LogP contribution in [-0.2, 0) is 14.3 Å². The molecule has 2 aromatic rings. The highest BCUT2D eigenvalue weighted by atomic mass is 16.6. The first kappa shape index (κ1) is 23.2. The molecule has 2 aromatic carbocycles. The normalized spacial score (nSPS) is 14.9. The maximum Gasteiger partial charge on any atom is 0.313 e. The smallest absolute Gasteiger partial charge is 0.313 e. The quantitative estimate of drug-likeness (QED) is 0.382. The fourth-order valence-corrected chi connectivity index (χ4v) is 3.47. The third kappa shape index (κ3) is 6.02. The van der Waals surface area contributed by atoms with Crippen molar-refractivity contribution in [3.05, 3.63) is 64.2 Å². The lowest BCUT2D eigenvalue weighted by Crippen LogP contribution is -2.45. The number of ether oxygens (including phenoxy) is 1. The van der Waals surface area contributed by atoms with Gasteiger partial charge in [0.1, 0.15) is 0 Å². The number of anilines is 2. The molecule has 1 saturated heterocycles. The number of nitrogens with one attached hydrogen (secondary N) is 2. The Kier molecular flexibility index (Phi) is 7.74.